The molecule has 0 spiro atoms. The standard InChI is InChI=1S/C13H20N2O2/c1-10-3-4-12(17-2)11(9-10)6-8-15-13(16)5-7-14/h3-4,9H,5-8,14H2,1-2H3,(H,15,16). The Morgan fingerprint density at radius 1 is 1.47 bits per heavy atom. The third-order valence-electron chi connectivity index (χ3n) is 2.52. The lowest BCUT2D eigenvalue weighted by Crippen LogP contribution is -2.27. The highest BCUT2D eigenvalue weighted by atomic mass is 16.5. The Bertz CT molecular complexity index is 378. The van der Waals surface area contributed by atoms with Crippen molar-refractivity contribution >= 4 is 5.91 Å². The number of ether oxygens (including phenoxy) is 1. The number of nitrogens with one attached hydrogen (secondary N) is 1. The van der Waals surface area contributed by atoms with Gasteiger partial charge in [0.15, 0.2) is 0 Å². The van der Waals surface area contributed by atoms with Gasteiger partial charge in [-0.15, -0.1) is 0 Å². The first-order chi connectivity index (χ1) is 8.17. The van der Waals surface area contributed by atoms with Crippen molar-refractivity contribution in [3.63, 3.8) is 0 Å². The SMILES string of the molecule is COc1ccc(C)cc1CCNC(=O)CCN. The largest absolute Gasteiger partial charge is 0.496 e. The van der Waals surface area contributed by atoms with E-state index in [1.807, 2.05) is 19.1 Å². The van der Waals surface area contributed by atoms with E-state index in [1.165, 1.54) is 5.56 Å². The molecule has 0 bridgehead atoms. The fourth-order valence-corrected chi connectivity index (χ4v) is 1.66. The molecule has 0 saturated carbocycles. The summed E-state index contributed by atoms with van der Waals surface area (Å²) in [6, 6.07) is 6.04. The summed E-state index contributed by atoms with van der Waals surface area (Å²) in [6.07, 6.45) is 1.14. The Balaban J connectivity index is 2.50. The van der Waals surface area contributed by atoms with Crippen LogP contribution >= 0.6 is 0 Å². The highest BCUT2D eigenvalue weighted by Gasteiger charge is 2.04. The van der Waals surface area contributed by atoms with E-state index in [9.17, 15) is 4.79 Å². The third-order valence-corrected chi connectivity index (χ3v) is 2.52. The van der Waals surface area contributed by atoms with Gasteiger partial charge in [-0.25, -0.2) is 0 Å². The van der Waals surface area contributed by atoms with E-state index >= 15 is 0 Å². The van der Waals surface area contributed by atoms with Crippen LogP contribution in [0.4, 0.5) is 0 Å². The third kappa shape index (κ3) is 4.44. The van der Waals surface area contributed by atoms with Crippen LogP contribution in [0.5, 0.6) is 5.75 Å². The molecular formula is C13H20N2O2. The Kier molecular flexibility index (Phi) is 5.49. The average molecular weight is 236 g/mol. The Labute approximate surface area is 102 Å². The topological polar surface area (TPSA) is 64.3 Å². The molecule has 94 valence electrons. The fourth-order valence-electron chi connectivity index (χ4n) is 1.66. The molecule has 0 aliphatic heterocycles. The van der Waals surface area contributed by atoms with E-state index in [4.69, 9.17) is 10.5 Å². The highest BCUT2D eigenvalue weighted by molar-refractivity contribution is 5.76. The van der Waals surface area contributed by atoms with Crippen molar-refractivity contribution in [2.75, 3.05) is 20.2 Å². The minimum absolute atomic E-state index is 0.000815. The van der Waals surface area contributed by atoms with Crippen molar-refractivity contribution in [3.8, 4) is 5.75 Å². The number of amides is 1. The summed E-state index contributed by atoms with van der Waals surface area (Å²) in [4.78, 5) is 11.2. The van der Waals surface area contributed by atoms with Gasteiger partial charge in [0.1, 0.15) is 5.75 Å². The van der Waals surface area contributed by atoms with E-state index in [0.29, 0.717) is 19.5 Å². The molecule has 0 aromatic heterocycles. The molecule has 0 fully saturated rings. The molecule has 0 aliphatic rings. The van der Waals surface area contributed by atoms with Crippen LogP contribution in [0.15, 0.2) is 18.2 Å². The van der Waals surface area contributed by atoms with Gasteiger partial charge < -0.3 is 15.8 Å². The Morgan fingerprint density at radius 2 is 2.24 bits per heavy atom. The fraction of sp³-hybridized carbons (Fsp3) is 0.462. The first-order valence-corrected chi connectivity index (χ1v) is 5.77. The van der Waals surface area contributed by atoms with Crippen molar-refractivity contribution in [1.82, 2.24) is 5.32 Å². The smallest absolute Gasteiger partial charge is 0.221 e. The van der Waals surface area contributed by atoms with Crippen LogP contribution in [0.3, 0.4) is 0 Å². The van der Waals surface area contributed by atoms with Crippen LogP contribution in [0.25, 0.3) is 0 Å². The normalized spacial score (nSPS) is 10.1. The maximum Gasteiger partial charge on any atom is 0.221 e. The van der Waals surface area contributed by atoms with Gasteiger partial charge in [0.2, 0.25) is 5.91 Å². The van der Waals surface area contributed by atoms with Crippen molar-refractivity contribution in [2.24, 2.45) is 5.73 Å². The quantitative estimate of drug-likeness (QED) is 0.775. The van der Waals surface area contributed by atoms with Gasteiger partial charge in [-0.3, -0.25) is 4.79 Å². The lowest BCUT2D eigenvalue weighted by Gasteiger charge is -2.10. The van der Waals surface area contributed by atoms with Crippen molar-refractivity contribution in [2.45, 2.75) is 19.8 Å². The minimum Gasteiger partial charge on any atom is -0.496 e. The van der Waals surface area contributed by atoms with Crippen LogP contribution in [-0.2, 0) is 11.2 Å². The van der Waals surface area contributed by atoms with E-state index in [2.05, 4.69) is 11.4 Å². The number of benzene rings is 1. The van der Waals surface area contributed by atoms with Gasteiger partial charge in [-0.05, 0) is 25.0 Å². The zero-order valence-corrected chi connectivity index (χ0v) is 10.5. The molecule has 1 aromatic rings. The molecule has 17 heavy (non-hydrogen) atoms. The van der Waals surface area contributed by atoms with Crippen LogP contribution in [-0.4, -0.2) is 26.1 Å². The van der Waals surface area contributed by atoms with Gasteiger partial charge >= 0.3 is 0 Å². The molecule has 0 saturated heterocycles. The number of nitrogens with two attached hydrogens (primary N) is 1. The predicted molar refractivity (Wildman–Crippen MR) is 68.1 cm³/mol. The average Bonchev–Trinajstić information content (AvgIpc) is 2.30. The van der Waals surface area contributed by atoms with E-state index in [-0.39, 0.29) is 5.91 Å². The molecule has 4 nitrogen and oxygen atoms in total. The molecule has 3 N–H and O–H groups in total. The summed E-state index contributed by atoms with van der Waals surface area (Å²) in [7, 11) is 1.65. The van der Waals surface area contributed by atoms with Crippen LogP contribution < -0.4 is 15.8 Å². The molecule has 1 aromatic carbocycles. The molecule has 0 aliphatic carbocycles. The highest BCUT2D eigenvalue weighted by Crippen LogP contribution is 2.19. The molecule has 0 atom stereocenters. The summed E-state index contributed by atoms with van der Waals surface area (Å²) in [5.74, 6) is 0.864. The number of methoxy groups -OCH3 is 1. The monoisotopic (exact) mass is 236 g/mol. The summed E-state index contributed by atoms with van der Waals surface area (Å²) < 4.78 is 5.27. The van der Waals surface area contributed by atoms with E-state index < -0.39 is 0 Å². The molecule has 1 amide bonds. The number of carbonyl (C=O) groups excluding carboxylic acids is 1. The molecule has 1 rings (SSSR count). The maximum absolute atomic E-state index is 11.2. The summed E-state index contributed by atoms with van der Waals surface area (Å²) in [6.45, 7) is 3.04. The first-order valence-electron chi connectivity index (χ1n) is 5.77. The van der Waals surface area contributed by atoms with Crippen LogP contribution in [0.1, 0.15) is 17.5 Å². The zero-order chi connectivity index (χ0) is 12.7. The van der Waals surface area contributed by atoms with Crippen molar-refractivity contribution in [3.05, 3.63) is 29.3 Å². The van der Waals surface area contributed by atoms with E-state index in [0.717, 1.165) is 17.7 Å². The van der Waals surface area contributed by atoms with Crippen molar-refractivity contribution in [1.29, 1.82) is 0 Å². The summed E-state index contributed by atoms with van der Waals surface area (Å²) in [5, 5.41) is 2.83. The Hall–Kier alpha value is -1.55. The number of aryl methyl sites for hydroxylation is 1. The molecule has 0 heterocycles. The zero-order valence-electron chi connectivity index (χ0n) is 10.5. The van der Waals surface area contributed by atoms with Gasteiger partial charge in [0.05, 0.1) is 7.11 Å². The van der Waals surface area contributed by atoms with Gasteiger partial charge in [-0.2, -0.15) is 0 Å². The second-order valence-corrected chi connectivity index (χ2v) is 3.95. The number of carbonyl (C=O) groups is 1. The molecule has 0 radical (unpaired) electrons. The molecular weight excluding hydrogens is 216 g/mol. The minimum atomic E-state index is -0.000815. The lowest BCUT2D eigenvalue weighted by molar-refractivity contribution is -0.120. The molecule has 0 unspecified atom stereocenters. The maximum atomic E-state index is 11.2. The molecule has 4 heteroatoms. The van der Waals surface area contributed by atoms with Gasteiger partial charge in [0.25, 0.3) is 0 Å². The lowest BCUT2D eigenvalue weighted by atomic mass is 10.1. The Morgan fingerprint density at radius 3 is 2.88 bits per heavy atom. The number of hydrogen-bond acceptors (Lipinski definition) is 3. The summed E-state index contributed by atoms with van der Waals surface area (Å²) >= 11 is 0. The van der Waals surface area contributed by atoms with Gasteiger partial charge in [0, 0.05) is 19.5 Å². The van der Waals surface area contributed by atoms with E-state index in [1.54, 1.807) is 7.11 Å². The first kappa shape index (κ1) is 13.5. The second-order valence-electron chi connectivity index (χ2n) is 3.95. The van der Waals surface area contributed by atoms with Gasteiger partial charge in [-0.1, -0.05) is 17.7 Å². The van der Waals surface area contributed by atoms with Crippen LogP contribution in [0, 0.1) is 6.92 Å². The second kappa shape index (κ2) is 6.91. The summed E-state index contributed by atoms with van der Waals surface area (Å²) in [5.41, 5.74) is 7.60. The number of hydrogen-bond donors (Lipinski definition) is 2. The van der Waals surface area contributed by atoms with Crippen LogP contribution in [0.2, 0.25) is 0 Å². The number of rotatable bonds is 6. The predicted octanol–water partition coefficient (Wildman–Crippen LogP) is 1.01. The van der Waals surface area contributed by atoms with Crippen molar-refractivity contribution < 1.29 is 9.53 Å².